The minimum Gasteiger partial charge on any atom is -0.490 e. The van der Waals surface area contributed by atoms with Gasteiger partial charge in [0.15, 0.2) is 11.5 Å². The average Bonchev–Trinajstić information content (AvgIpc) is 3.04. The molecule has 0 saturated heterocycles. The van der Waals surface area contributed by atoms with Crippen molar-refractivity contribution in [2.24, 2.45) is 0 Å². The zero-order valence-electron chi connectivity index (χ0n) is 14.7. The number of ether oxygens (including phenoxy) is 2. The lowest BCUT2D eigenvalue weighted by molar-refractivity contribution is 0.101. The number of hydrogen-bond donors (Lipinski definition) is 1. The van der Waals surface area contributed by atoms with Crippen molar-refractivity contribution in [2.75, 3.05) is 18.6 Å². The zero-order valence-corrected chi connectivity index (χ0v) is 15.4. The quantitative estimate of drug-likeness (QED) is 0.672. The molecule has 7 heteroatoms. The van der Waals surface area contributed by atoms with Crippen molar-refractivity contribution in [3.8, 4) is 11.5 Å². The summed E-state index contributed by atoms with van der Waals surface area (Å²) in [5.41, 5.74) is 4.78. The molecule has 1 amide bonds. The van der Waals surface area contributed by atoms with Crippen LogP contribution in [0.15, 0.2) is 42.7 Å². The van der Waals surface area contributed by atoms with Crippen LogP contribution in [0.4, 0.5) is 0 Å². The number of carbonyl (C=O) groups excluding carboxylic acids is 1. The number of imidazole rings is 1. The molecule has 0 aliphatic heterocycles. The number of benzene rings is 2. The lowest BCUT2D eigenvalue weighted by Crippen LogP contribution is -2.22. The van der Waals surface area contributed by atoms with Gasteiger partial charge in [0, 0.05) is 5.56 Å². The van der Waals surface area contributed by atoms with Gasteiger partial charge in [-0.25, -0.2) is 9.66 Å². The van der Waals surface area contributed by atoms with Crippen molar-refractivity contribution in [3.63, 3.8) is 0 Å². The second-order valence-electron chi connectivity index (χ2n) is 5.61. The minimum atomic E-state index is -0.321. The Kier molecular flexibility index (Phi) is 5.63. The Morgan fingerprint density at radius 2 is 2.04 bits per heavy atom. The van der Waals surface area contributed by atoms with Crippen molar-refractivity contribution in [1.82, 2.24) is 9.66 Å². The lowest BCUT2D eigenvalue weighted by atomic mass is 10.2. The molecule has 0 saturated carbocycles. The number of rotatable bonds is 7. The first kappa shape index (κ1) is 18.1. The van der Waals surface area contributed by atoms with Crippen LogP contribution in [0.2, 0.25) is 5.02 Å². The summed E-state index contributed by atoms with van der Waals surface area (Å²) < 4.78 is 12.8. The van der Waals surface area contributed by atoms with Crippen molar-refractivity contribution >= 4 is 28.5 Å². The Hall–Kier alpha value is -2.73. The predicted octanol–water partition coefficient (Wildman–Crippen LogP) is 4.26. The van der Waals surface area contributed by atoms with Crippen LogP contribution in [0.1, 0.15) is 30.6 Å². The molecular weight excluding hydrogens is 354 g/mol. The summed E-state index contributed by atoms with van der Waals surface area (Å²) in [6.45, 7) is 4.83. The number of para-hydroxylation sites is 2. The van der Waals surface area contributed by atoms with Crippen molar-refractivity contribution in [2.45, 2.75) is 20.3 Å². The van der Waals surface area contributed by atoms with E-state index in [0.717, 1.165) is 17.5 Å². The molecule has 1 heterocycles. The van der Waals surface area contributed by atoms with E-state index < -0.39 is 0 Å². The lowest BCUT2D eigenvalue weighted by Gasteiger charge is -2.15. The van der Waals surface area contributed by atoms with E-state index in [1.165, 1.54) is 0 Å². The highest BCUT2D eigenvalue weighted by molar-refractivity contribution is 6.32. The fourth-order valence-corrected chi connectivity index (χ4v) is 2.79. The number of aromatic nitrogens is 2. The Labute approximate surface area is 156 Å². The third-order valence-corrected chi connectivity index (χ3v) is 3.98. The molecule has 0 aliphatic rings. The number of nitrogens with zero attached hydrogens (tertiary/aromatic N) is 2. The van der Waals surface area contributed by atoms with Crippen LogP contribution in [0.3, 0.4) is 0 Å². The number of fused-ring (bicyclic) bond motifs is 1. The van der Waals surface area contributed by atoms with Gasteiger partial charge in [0.25, 0.3) is 5.91 Å². The van der Waals surface area contributed by atoms with Gasteiger partial charge < -0.3 is 9.47 Å². The van der Waals surface area contributed by atoms with Crippen LogP contribution >= 0.6 is 11.6 Å². The van der Waals surface area contributed by atoms with E-state index in [1.54, 1.807) is 23.1 Å². The molecule has 0 aliphatic carbocycles. The molecule has 0 atom stereocenters. The van der Waals surface area contributed by atoms with Crippen molar-refractivity contribution < 1.29 is 14.3 Å². The summed E-state index contributed by atoms with van der Waals surface area (Å²) in [4.78, 5) is 16.9. The smallest absolute Gasteiger partial charge is 0.270 e. The molecule has 2 aromatic carbocycles. The molecule has 6 nitrogen and oxygen atoms in total. The van der Waals surface area contributed by atoms with Crippen LogP contribution in [0, 0.1) is 0 Å². The van der Waals surface area contributed by atoms with Crippen LogP contribution < -0.4 is 14.9 Å². The summed E-state index contributed by atoms with van der Waals surface area (Å²) in [7, 11) is 0. The van der Waals surface area contributed by atoms with Crippen LogP contribution in [0.25, 0.3) is 11.0 Å². The first-order valence-corrected chi connectivity index (χ1v) is 8.84. The average molecular weight is 374 g/mol. The molecule has 0 unspecified atom stereocenters. The third-order valence-electron chi connectivity index (χ3n) is 3.70. The zero-order chi connectivity index (χ0) is 18.5. The summed E-state index contributed by atoms with van der Waals surface area (Å²) in [5, 5.41) is 0.338. The summed E-state index contributed by atoms with van der Waals surface area (Å²) in [6.07, 6.45) is 2.41. The number of amides is 1. The Bertz CT molecular complexity index is 924. The number of nitrogens with one attached hydrogen (secondary N) is 1. The first-order valence-electron chi connectivity index (χ1n) is 8.46. The maximum absolute atomic E-state index is 12.7. The summed E-state index contributed by atoms with van der Waals surface area (Å²) >= 11 is 6.32. The number of carbonyl (C=O) groups is 1. The highest BCUT2D eigenvalue weighted by Gasteiger charge is 2.17. The van der Waals surface area contributed by atoms with E-state index in [0.29, 0.717) is 35.3 Å². The Morgan fingerprint density at radius 3 is 2.81 bits per heavy atom. The highest BCUT2D eigenvalue weighted by Crippen LogP contribution is 2.37. The van der Waals surface area contributed by atoms with Gasteiger partial charge in [-0.05, 0) is 37.6 Å². The largest absolute Gasteiger partial charge is 0.490 e. The fourth-order valence-electron chi connectivity index (χ4n) is 2.53. The number of hydrogen-bond acceptors (Lipinski definition) is 4. The molecule has 0 bridgehead atoms. The van der Waals surface area contributed by atoms with E-state index in [1.807, 2.05) is 38.1 Å². The van der Waals surface area contributed by atoms with Crippen LogP contribution in [0.5, 0.6) is 11.5 Å². The van der Waals surface area contributed by atoms with E-state index >= 15 is 0 Å². The summed E-state index contributed by atoms with van der Waals surface area (Å²) in [5.74, 6) is 0.590. The monoisotopic (exact) mass is 373 g/mol. The maximum atomic E-state index is 12.7. The van der Waals surface area contributed by atoms with Crippen LogP contribution in [-0.2, 0) is 0 Å². The fraction of sp³-hybridized carbons (Fsp3) is 0.263. The minimum absolute atomic E-state index is 0.321. The molecule has 1 N–H and O–H groups in total. The van der Waals surface area contributed by atoms with Crippen molar-refractivity contribution in [1.29, 1.82) is 0 Å². The molecular formula is C19H20ClN3O3. The molecule has 1 aromatic heterocycles. The third kappa shape index (κ3) is 3.75. The van der Waals surface area contributed by atoms with Crippen LogP contribution in [-0.4, -0.2) is 28.8 Å². The molecule has 0 spiro atoms. The van der Waals surface area contributed by atoms with Gasteiger partial charge >= 0.3 is 0 Å². The molecule has 26 heavy (non-hydrogen) atoms. The van der Waals surface area contributed by atoms with E-state index in [4.69, 9.17) is 21.1 Å². The van der Waals surface area contributed by atoms with Gasteiger partial charge in [-0.3, -0.25) is 10.2 Å². The van der Waals surface area contributed by atoms with Gasteiger partial charge in [-0.15, -0.1) is 0 Å². The van der Waals surface area contributed by atoms with E-state index in [9.17, 15) is 4.79 Å². The first-order chi connectivity index (χ1) is 12.6. The Balaban J connectivity index is 1.89. The van der Waals surface area contributed by atoms with Gasteiger partial charge in [-0.1, -0.05) is 30.7 Å². The van der Waals surface area contributed by atoms with Gasteiger partial charge in [0.1, 0.15) is 6.33 Å². The molecule has 0 fully saturated rings. The second kappa shape index (κ2) is 8.10. The topological polar surface area (TPSA) is 65.4 Å². The van der Waals surface area contributed by atoms with E-state index in [2.05, 4.69) is 10.4 Å². The summed E-state index contributed by atoms with van der Waals surface area (Å²) in [6, 6.07) is 10.7. The molecule has 3 aromatic rings. The molecule has 136 valence electrons. The second-order valence-corrected chi connectivity index (χ2v) is 6.02. The Morgan fingerprint density at radius 1 is 1.23 bits per heavy atom. The normalized spacial score (nSPS) is 10.7. The maximum Gasteiger partial charge on any atom is 0.270 e. The SMILES string of the molecule is CCCOc1c(Cl)cc(C(=O)Nn2cnc3ccccc32)cc1OCC. The van der Waals surface area contributed by atoms with Gasteiger partial charge in [0.2, 0.25) is 0 Å². The predicted molar refractivity (Wildman–Crippen MR) is 102 cm³/mol. The molecule has 0 radical (unpaired) electrons. The highest BCUT2D eigenvalue weighted by atomic mass is 35.5. The van der Waals surface area contributed by atoms with Gasteiger partial charge in [-0.2, -0.15) is 0 Å². The van der Waals surface area contributed by atoms with E-state index in [-0.39, 0.29) is 5.91 Å². The van der Waals surface area contributed by atoms with Crippen molar-refractivity contribution in [3.05, 3.63) is 53.3 Å². The number of halogens is 1. The standard InChI is InChI=1S/C19H20ClN3O3/c1-3-9-26-18-14(20)10-13(11-17(18)25-4-2)19(24)22-23-12-21-15-7-5-6-8-16(15)23/h5-8,10-12H,3-4,9H2,1-2H3,(H,22,24). The van der Waals surface area contributed by atoms with Gasteiger partial charge in [0.05, 0.1) is 29.3 Å². The molecule has 3 rings (SSSR count).